The van der Waals surface area contributed by atoms with E-state index in [-0.39, 0.29) is 11.5 Å². The topological polar surface area (TPSA) is 58.5 Å². The van der Waals surface area contributed by atoms with E-state index < -0.39 is 29.4 Å². The molecule has 154 valence electrons. The first-order valence-corrected chi connectivity index (χ1v) is 9.99. The van der Waals surface area contributed by atoms with Crippen LogP contribution in [0.25, 0.3) is 0 Å². The summed E-state index contributed by atoms with van der Waals surface area (Å²) in [7, 11) is 0. The zero-order valence-corrected chi connectivity index (χ0v) is 16.8. The van der Waals surface area contributed by atoms with Crippen molar-refractivity contribution in [1.29, 1.82) is 0 Å². The molecule has 4 nitrogen and oxygen atoms in total. The first-order valence-electron chi connectivity index (χ1n) is 9.99. The van der Waals surface area contributed by atoms with Gasteiger partial charge < -0.3 is 5.32 Å². The van der Waals surface area contributed by atoms with Gasteiger partial charge in [0.05, 0.1) is 11.6 Å². The zero-order chi connectivity index (χ0) is 21.4. The lowest BCUT2D eigenvalue weighted by atomic mass is 9.68. The number of allylic oxidation sites excluding steroid dienone is 1. The van der Waals surface area contributed by atoms with E-state index in [0.717, 1.165) is 41.8 Å². The predicted octanol–water partition coefficient (Wildman–Crippen LogP) is 5.09. The van der Waals surface area contributed by atoms with Crippen LogP contribution in [0.2, 0.25) is 0 Å². The number of hydrogen-bond acceptors (Lipinski definition) is 3. The first kappa shape index (κ1) is 20.1. The maximum absolute atomic E-state index is 14.1. The van der Waals surface area contributed by atoms with E-state index in [1.165, 1.54) is 6.07 Å². The Labute approximate surface area is 173 Å². The smallest absolute Gasteiger partial charge is 0.254 e. The average Bonchev–Trinajstić information content (AvgIpc) is 2.69. The maximum atomic E-state index is 14.1. The number of carbonyl (C=O) groups excluding carboxylic acids is 2. The van der Waals surface area contributed by atoms with E-state index in [0.29, 0.717) is 17.7 Å². The number of amides is 1. The third-order valence-electron chi connectivity index (χ3n) is 5.85. The highest BCUT2D eigenvalue weighted by atomic mass is 19.1. The first-order chi connectivity index (χ1) is 14.4. The summed E-state index contributed by atoms with van der Waals surface area (Å²) in [6.45, 7) is 3.68. The monoisotopic (exact) mass is 408 g/mol. The number of rotatable bonds is 3. The third kappa shape index (κ3) is 3.58. The van der Waals surface area contributed by atoms with E-state index >= 15 is 0 Å². The molecule has 2 aromatic rings. The second-order valence-electron chi connectivity index (χ2n) is 7.81. The molecule has 1 fully saturated rings. The van der Waals surface area contributed by atoms with Crippen LogP contribution in [0.15, 0.2) is 58.7 Å². The molecule has 4 rings (SSSR count). The lowest BCUT2D eigenvalue weighted by Gasteiger charge is -2.36. The fourth-order valence-electron chi connectivity index (χ4n) is 4.47. The van der Waals surface area contributed by atoms with Gasteiger partial charge in [0.2, 0.25) is 0 Å². The summed E-state index contributed by atoms with van der Waals surface area (Å²) in [5, 5.41) is 2.55. The molecule has 0 radical (unpaired) electrons. The van der Waals surface area contributed by atoms with Crippen molar-refractivity contribution in [3.63, 3.8) is 0 Å². The number of aliphatic imine (C=N–C) groups is 1. The van der Waals surface area contributed by atoms with Crippen LogP contribution >= 0.6 is 0 Å². The number of aryl methyl sites for hydroxylation is 1. The molecule has 2 aromatic carbocycles. The van der Waals surface area contributed by atoms with Crippen molar-refractivity contribution in [2.24, 2.45) is 10.9 Å². The quantitative estimate of drug-likeness (QED) is 0.769. The van der Waals surface area contributed by atoms with Gasteiger partial charge in [0, 0.05) is 35.4 Å². The van der Waals surface area contributed by atoms with E-state index in [1.807, 2.05) is 31.2 Å². The Morgan fingerprint density at radius 2 is 1.83 bits per heavy atom. The summed E-state index contributed by atoms with van der Waals surface area (Å²) >= 11 is 0. The summed E-state index contributed by atoms with van der Waals surface area (Å²) < 4.78 is 27.4. The fourth-order valence-corrected chi connectivity index (χ4v) is 4.47. The maximum Gasteiger partial charge on any atom is 0.254 e. The Hall–Kier alpha value is -3.15. The Morgan fingerprint density at radius 1 is 1.07 bits per heavy atom. The number of benzene rings is 2. The number of carbonyl (C=O) groups is 2. The van der Waals surface area contributed by atoms with Crippen molar-refractivity contribution in [1.82, 2.24) is 0 Å². The van der Waals surface area contributed by atoms with Gasteiger partial charge in [-0.2, -0.15) is 0 Å². The van der Waals surface area contributed by atoms with Crippen molar-refractivity contribution < 1.29 is 18.4 Å². The van der Waals surface area contributed by atoms with Gasteiger partial charge in [-0.25, -0.2) is 8.78 Å². The number of fused-ring (bicyclic) bond motifs is 1. The Morgan fingerprint density at radius 3 is 2.57 bits per heavy atom. The van der Waals surface area contributed by atoms with E-state index in [1.54, 1.807) is 6.92 Å². The molecule has 0 aromatic heterocycles. The highest BCUT2D eigenvalue weighted by molar-refractivity contribution is 6.14. The number of Topliss-reactive ketones (excluding diaryl/α,β-unsaturated/α-hetero) is 1. The molecule has 6 heteroatoms. The standard InChI is InChI=1S/C24H22F2N2O2/c1-13-6-3-4-7-16(13)22-21(14(2)27-19-8-5-9-20(29)23(19)22)24(30)28-18-11-10-15(25)12-17(18)26/h3-4,6-7,10-12,22-23H,5,8-9H2,1-2H3,(H,28,30)/t22-,23?/m0/s1. The number of nitrogens with one attached hydrogen (secondary N) is 1. The molecule has 30 heavy (non-hydrogen) atoms. The molecule has 1 aliphatic heterocycles. The minimum atomic E-state index is -0.859. The summed E-state index contributed by atoms with van der Waals surface area (Å²) in [6.07, 6.45) is 1.93. The van der Waals surface area contributed by atoms with Crippen molar-refractivity contribution >= 4 is 23.1 Å². The Balaban J connectivity index is 1.81. The molecule has 2 aliphatic rings. The predicted molar refractivity (Wildman–Crippen MR) is 111 cm³/mol. The van der Waals surface area contributed by atoms with Crippen molar-refractivity contribution in [2.45, 2.75) is 39.0 Å². The third-order valence-corrected chi connectivity index (χ3v) is 5.85. The average molecular weight is 408 g/mol. The molecule has 1 saturated carbocycles. The second kappa shape index (κ2) is 7.94. The summed E-state index contributed by atoms with van der Waals surface area (Å²) in [5.41, 5.74) is 3.40. The molecule has 0 bridgehead atoms. The van der Waals surface area contributed by atoms with Crippen molar-refractivity contribution in [3.05, 3.63) is 76.5 Å². The summed E-state index contributed by atoms with van der Waals surface area (Å²) in [6, 6.07) is 10.6. The molecule has 0 saturated heterocycles. The summed E-state index contributed by atoms with van der Waals surface area (Å²) in [5.74, 6) is -3.04. The van der Waals surface area contributed by atoms with Crippen LogP contribution in [0.5, 0.6) is 0 Å². The van der Waals surface area contributed by atoms with Crippen molar-refractivity contribution in [2.75, 3.05) is 5.32 Å². The van der Waals surface area contributed by atoms with Gasteiger partial charge in [-0.1, -0.05) is 24.3 Å². The van der Waals surface area contributed by atoms with Crippen LogP contribution in [0.1, 0.15) is 43.2 Å². The largest absolute Gasteiger partial charge is 0.320 e. The van der Waals surface area contributed by atoms with Gasteiger partial charge in [0.15, 0.2) is 0 Å². The molecule has 1 unspecified atom stereocenters. The van der Waals surface area contributed by atoms with Crippen LogP contribution in [0.3, 0.4) is 0 Å². The highest BCUT2D eigenvalue weighted by Crippen LogP contribution is 2.44. The lowest BCUT2D eigenvalue weighted by molar-refractivity contribution is -0.122. The number of ketones is 1. The van der Waals surface area contributed by atoms with Crippen LogP contribution < -0.4 is 5.32 Å². The number of anilines is 1. The highest BCUT2D eigenvalue weighted by Gasteiger charge is 2.43. The molecule has 1 N–H and O–H groups in total. The normalized spacial score (nSPS) is 21.2. The van der Waals surface area contributed by atoms with Gasteiger partial charge in [-0.05, 0) is 49.9 Å². The number of hydrogen-bond donors (Lipinski definition) is 1. The fraction of sp³-hybridized carbons (Fsp3) is 0.292. The van der Waals surface area contributed by atoms with Crippen molar-refractivity contribution in [3.8, 4) is 0 Å². The second-order valence-corrected chi connectivity index (χ2v) is 7.81. The molecule has 1 amide bonds. The number of nitrogens with zero attached hydrogens (tertiary/aromatic N) is 1. The van der Waals surface area contributed by atoms with Crippen LogP contribution in [0, 0.1) is 24.5 Å². The Kier molecular flexibility index (Phi) is 5.33. The SMILES string of the molecule is CC1=C(C(=O)Nc2ccc(F)cc2F)[C@H](c2ccccc2C)C2C(=O)CCCC2=N1. The van der Waals surface area contributed by atoms with Crippen LogP contribution in [-0.2, 0) is 9.59 Å². The van der Waals surface area contributed by atoms with E-state index in [9.17, 15) is 18.4 Å². The molecular formula is C24H22F2N2O2. The summed E-state index contributed by atoms with van der Waals surface area (Å²) in [4.78, 5) is 30.8. The zero-order valence-electron chi connectivity index (χ0n) is 16.8. The molecular weight excluding hydrogens is 386 g/mol. The van der Waals surface area contributed by atoms with Gasteiger partial charge in [-0.3, -0.25) is 14.6 Å². The lowest BCUT2D eigenvalue weighted by Crippen LogP contribution is -2.40. The Bertz CT molecular complexity index is 1100. The minimum Gasteiger partial charge on any atom is -0.320 e. The van der Waals surface area contributed by atoms with Crippen LogP contribution in [0.4, 0.5) is 14.5 Å². The van der Waals surface area contributed by atoms with E-state index in [4.69, 9.17) is 0 Å². The van der Waals surface area contributed by atoms with Gasteiger partial charge in [0.1, 0.15) is 17.4 Å². The van der Waals surface area contributed by atoms with E-state index in [2.05, 4.69) is 10.3 Å². The molecule has 2 atom stereocenters. The molecule has 1 aliphatic carbocycles. The van der Waals surface area contributed by atoms with Gasteiger partial charge in [0.25, 0.3) is 5.91 Å². The number of halogens is 2. The van der Waals surface area contributed by atoms with Gasteiger partial charge >= 0.3 is 0 Å². The van der Waals surface area contributed by atoms with Crippen LogP contribution in [-0.4, -0.2) is 17.4 Å². The van der Waals surface area contributed by atoms with Gasteiger partial charge in [-0.15, -0.1) is 0 Å². The minimum absolute atomic E-state index is 0.0685. The molecule has 1 heterocycles. The molecule has 0 spiro atoms.